The van der Waals surface area contributed by atoms with Crippen molar-refractivity contribution in [2.24, 2.45) is 5.10 Å². The van der Waals surface area contributed by atoms with Gasteiger partial charge in [0.15, 0.2) is 5.82 Å². The predicted molar refractivity (Wildman–Crippen MR) is 99.7 cm³/mol. The molecule has 124 valence electrons. The van der Waals surface area contributed by atoms with Crippen LogP contribution in [0.2, 0.25) is 0 Å². The van der Waals surface area contributed by atoms with Gasteiger partial charge in [-0.15, -0.1) is 11.3 Å². The highest BCUT2D eigenvalue weighted by Gasteiger charge is 2.09. The van der Waals surface area contributed by atoms with Crippen LogP contribution in [0.3, 0.4) is 0 Å². The van der Waals surface area contributed by atoms with Crippen LogP contribution >= 0.6 is 23.6 Å². The number of benzene rings is 1. The van der Waals surface area contributed by atoms with Crippen LogP contribution in [0.5, 0.6) is 5.75 Å². The van der Waals surface area contributed by atoms with Crippen molar-refractivity contribution in [2.75, 3.05) is 0 Å². The molecule has 0 atom stereocenters. The molecule has 0 aliphatic heterocycles. The molecule has 7 heteroatoms. The van der Waals surface area contributed by atoms with Crippen LogP contribution in [0, 0.1) is 25.5 Å². The second-order valence-corrected chi connectivity index (χ2v) is 6.81. The van der Waals surface area contributed by atoms with Crippen molar-refractivity contribution in [1.29, 1.82) is 0 Å². The minimum Gasteiger partial charge on any atom is -0.485 e. The number of nitrogens with zero attached hydrogens (tertiary/aromatic N) is 3. The summed E-state index contributed by atoms with van der Waals surface area (Å²) in [7, 11) is 0. The lowest BCUT2D eigenvalue weighted by Crippen LogP contribution is -2.05. The van der Waals surface area contributed by atoms with E-state index in [0.717, 1.165) is 21.8 Å². The molecule has 2 aromatic heterocycles. The van der Waals surface area contributed by atoms with Gasteiger partial charge in [0.05, 0.1) is 11.1 Å². The SMILES string of the molecule is Cc1ccsc1/C=N\n1c(COc2c(C)cccc2C)n[nH]c1=S. The van der Waals surface area contributed by atoms with E-state index in [0.29, 0.717) is 17.2 Å². The third-order valence-corrected chi connectivity index (χ3v) is 4.88. The van der Waals surface area contributed by atoms with E-state index in [-0.39, 0.29) is 0 Å². The lowest BCUT2D eigenvalue weighted by Gasteiger charge is -2.11. The Bertz CT molecular complexity index is 916. The molecular formula is C17H18N4OS2. The molecule has 0 saturated carbocycles. The fraction of sp³-hybridized carbons (Fsp3) is 0.235. The molecule has 3 rings (SSSR count). The lowest BCUT2D eigenvalue weighted by atomic mass is 10.1. The number of hydrogen-bond acceptors (Lipinski definition) is 5. The Morgan fingerprint density at radius 1 is 1.25 bits per heavy atom. The zero-order valence-electron chi connectivity index (χ0n) is 13.7. The van der Waals surface area contributed by atoms with E-state index in [1.54, 1.807) is 22.2 Å². The Morgan fingerprint density at radius 3 is 2.67 bits per heavy atom. The standard InChI is InChI=1S/C17H18N4OS2/c1-11-7-8-24-14(11)9-18-21-15(19-20-17(21)23)10-22-16-12(2)5-4-6-13(16)3/h4-9H,10H2,1-3H3,(H,20,23)/b18-9-. The summed E-state index contributed by atoms with van der Waals surface area (Å²) >= 11 is 6.90. The van der Waals surface area contributed by atoms with Crippen LogP contribution in [-0.4, -0.2) is 21.1 Å². The third-order valence-electron chi connectivity index (χ3n) is 3.66. The Kier molecular flexibility index (Phi) is 4.92. The van der Waals surface area contributed by atoms with E-state index in [1.807, 2.05) is 37.4 Å². The van der Waals surface area contributed by atoms with Crippen molar-refractivity contribution in [1.82, 2.24) is 14.9 Å². The number of hydrogen-bond donors (Lipinski definition) is 1. The van der Waals surface area contributed by atoms with E-state index >= 15 is 0 Å². The summed E-state index contributed by atoms with van der Waals surface area (Å²) in [4.78, 5) is 1.10. The quantitative estimate of drug-likeness (QED) is 0.544. The molecule has 5 nitrogen and oxygen atoms in total. The highest BCUT2D eigenvalue weighted by Crippen LogP contribution is 2.23. The van der Waals surface area contributed by atoms with Gasteiger partial charge in [0, 0.05) is 0 Å². The van der Waals surface area contributed by atoms with Crippen LogP contribution in [-0.2, 0) is 6.61 Å². The van der Waals surface area contributed by atoms with Gasteiger partial charge >= 0.3 is 0 Å². The van der Waals surface area contributed by atoms with Gasteiger partial charge in [0.2, 0.25) is 4.77 Å². The van der Waals surface area contributed by atoms with Crippen molar-refractivity contribution in [3.63, 3.8) is 0 Å². The number of aromatic nitrogens is 3. The Morgan fingerprint density at radius 2 is 2.00 bits per heavy atom. The molecule has 2 heterocycles. The van der Waals surface area contributed by atoms with Crippen molar-refractivity contribution in [2.45, 2.75) is 27.4 Å². The van der Waals surface area contributed by atoms with Crippen molar-refractivity contribution >= 4 is 29.8 Å². The number of nitrogens with one attached hydrogen (secondary N) is 1. The average molecular weight is 358 g/mol. The fourth-order valence-electron chi connectivity index (χ4n) is 2.33. The minimum atomic E-state index is 0.291. The van der Waals surface area contributed by atoms with Crippen molar-refractivity contribution in [3.8, 4) is 5.75 Å². The van der Waals surface area contributed by atoms with E-state index in [4.69, 9.17) is 17.0 Å². The van der Waals surface area contributed by atoms with E-state index in [2.05, 4.69) is 28.3 Å². The zero-order valence-corrected chi connectivity index (χ0v) is 15.4. The first-order valence-electron chi connectivity index (χ1n) is 7.50. The summed E-state index contributed by atoms with van der Waals surface area (Å²) in [6, 6.07) is 8.13. The summed E-state index contributed by atoms with van der Waals surface area (Å²) in [6.07, 6.45) is 1.80. The number of ether oxygens (including phenoxy) is 1. The Hall–Kier alpha value is -2.25. The molecule has 0 unspecified atom stereocenters. The summed E-state index contributed by atoms with van der Waals surface area (Å²) in [6.45, 7) is 6.39. The van der Waals surface area contributed by atoms with Crippen LogP contribution in [0.15, 0.2) is 34.7 Å². The van der Waals surface area contributed by atoms with Crippen LogP contribution < -0.4 is 4.74 Å². The van der Waals surface area contributed by atoms with Gasteiger partial charge in [-0.25, -0.2) is 5.10 Å². The predicted octanol–water partition coefficient (Wildman–Crippen LogP) is 4.39. The number of aryl methyl sites for hydroxylation is 3. The average Bonchev–Trinajstić information content (AvgIpc) is 3.11. The number of aromatic amines is 1. The normalized spacial score (nSPS) is 11.3. The molecule has 0 saturated heterocycles. The monoisotopic (exact) mass is 358 g/mol. The van der Waals surface area contributed by atoms with Gasteiger partial charge in [0.25, 0.3) is 0 Å². The second kappa shape index (κ2) is 7.11. The summed E-state index contributed by atoms with van der Waals surface area (Å²) in [5, 5.41) is 13.5. The van der Waals surface area contributed by atoms with E-state index in [1.165, 1.54) is 5.56 Å². The molecule has 3 aromatic rings. The first-order valence-corrected chi connectivity index (χ1v) is 8.79. The second-order valence-electron chi connectivity index (χ2n) is 5.48. The highest BCUT2D eigenvalue weighted by molar-refractivity contribution is 7.71. The van der Waals surface area contributed by atoms with Gasteiger partial charge in [-0.2, -0.15) is 14.9 Å². The fourth-order valence-corrected chi connectivity index (χ4v) is 3.31. The van der Waals surface area contributed by atoms with Crippen molar-refractivity contribution in [3.05, 3.63) is 61.8 Å². The Balaban J connectivity index is 1.82. The van der Waals surface area contributed by atoms with Gasteiger partial charge in [0.1, 0.15) is 12.4 Å². The molecule has 0 aliphatic rings. The van der Waals surface area contributed by atoms with Crippen LogP contribution in [0.25, 0.3) is 0 Å². The molecule has 0 radical (unpaired) electrons. The summed E-state index contributed by atoms with van der Waals surface area (Å²) in [5.41, 5.74) is 3.37. The summed E-state index contributed by atoms with van der Waals surface area (Å²) < 4.78 is 7.99. The first-order chi connectivity index (χ1) is 11.6. The molecule has 1 N–H and O–H groups in total. The minimum absolute atomic E-state index is 0.291. The number of para-hydroxylation sites is 1. The third kappa shape index (κ3) is 3.47. The number of H-pyrrole nitrogens is 1. The van der Waals surface area contributed by atoms with E-state index < -0.39 is 0 Å². The molecular weight excluding hydrogens is 340 g/mol. The van der Waals surface area contributed by atoms with Gasteiger partial charge in [-0.05, 0) is 61.1 Å². The van der Waals surface area contributed by atoms with Crippen LogP contribution in [0.1, 0.15) is 27.4 Å². The zero-order chi connectivity index (χ0) is 17.1. The maximum atomic E-state index is 5.95. The largest absolute Gasteiger partial charge is 0.485 e. The Labute approximate surface area is 149 Å². The lowest BCUT2D eigenvalue weighted by molar-refractivity contribution is 0.287. The smallest absolute Gasteiger partial charge is 0.216 e. The number of thiophene rings is 1. The molecule has 0 aliphatic carbocycles. The molecule has 1 aromatic carbocycles. The van der Waals surface area contributed by atoms with Gasteiger partial charge < -0.3 is 4.74 Å². The van der Waals surface area contributed by atoms with Crippen molar-refractivity contribution < 1.29 is 4.74 Å². The molecule has 24 heavy (non-hydrogen) atoms. The van der Waals surface area contributed by atoms with E-state index in [9.17, 15) is 0 Å². The molecule has 0 spiro atoms. The maximum Gasteiger partial charge on any atom is 0.216 e. The molecule has 0 bridgehead atoms. The number of rotatable bonds is 5. The molecule has 0 amide bonds. The molecule has 0 fully saturated rings. The topological polar surface area (TPSA) is 55.2 Å². The van der Waals surface area contributed by atoms with Gasteiger partial charge in [-0.1, -0.05) is 18.2 Å². The first kappa shape index (κ1) is 16.6. The van der Waals surface area contributed by atoms with Gasteiger partial charge in [-0.3, -0.25) is 0 Å². The highest BCUT2D eigenvalue weighted by atomic mass is 32.1. The summed E-state index contributed by atoms with van der Waals surface area (Å²) in [5.74, 6) is 1.50. The van der Waals surface area contributed by atoms with Crippen LogP contribution in [0.4, 0.5) is 0 Å². The maximum absolute atomic E-state index is 5.95.